The molecule has 0 aliphatic heterocycles. The van der Waals surface area contributed by atoms with Crippen molar-refractivity contribution in [2.45, 2.75) is 6.92 Å². The van der Waals surface area contributed by atoms with Crippen LogP contribution in [0, 0.1) is 17.0 Å². The Hall–Kier alpha value is -5.10. The number of phenols is 1. The highest BCUT2D eigenvalue weighted by atomic mass is 35.5. The minimum absolute atomic E-state index is 0.0416. The lowest BCUT2D eigenvalue weighted by Gasteiger charge is -2.14. The largest absolute Gasteiger partial charge is 0.507 e. The first-order valence-electron chi connectivity index (χ1n) is 12.4. The number of nitro benzene ring substituents is 1. The summed E-state index contributed by atoms with van der Waals surface area (Å²) in [7, 11) is 3.74. The molecule has 1 heterocycles. The summed E-state index contributed by atoms with van der Waals surface area (Å²) in [6.45, 7) is 1.92. The number of carbonyl (C=O) groups excluding carboxylic acids is 2. The lowest BCUT2D eigenvalue weighted by atomic mass is 10.0. The number of aromatic hydroxyl groups is 1. The molecule has 12 nitrogen and oxygen atoms in total. The maximum atomic E-state index is 12.9. The molecule has 0 atom stereocenters. The highest BCUT2D eigenvalue weighted by molar-refractivity contribution is 6.33. The van der Waals surface area contributed by atoms with Crippen LogP contribution < -0.4 is 20.9 Å². The van der Waals surface area contributed by atoms with Gasteiger partial charge in [-0.05, 0) is 49.4 Å². The lowest BCUT2D eigenvalue weighted by molar-refractivity contribution is -0.383. The summed E-state index contributed by atoms with van der Waals surface area (Å²) < 4.78 is 5.19. The molecular weight excluding hydrogens is 552 g/mol. The second-order valence-corrected chi connectivity index (χ2v) is 9.57. The molecule has 0 spiro atoms. The molecule has 0 radical (unpaired) electrons. The number of nitro groups is 1. The molecule has 0 unspecified atom stereocenters. The minimum Gasteiger partial charge on any atom is -0.507 e. The van der Waals surface area contributed by atoms with E-state index in [1.807, 2.05) is 19.0 Å². The van der Waals surface area contributed by atoms with E-state index in [1.54, 1.807) is 49.4 Å². The average molecular weight is 579 g/mol. The van der Waals surface area contributed by atoms with E-state index in [1.165, 1.54) is 12.1 Å². The number of carbonyl (C=O) groups is 2. The number of aromatic nitrogens is 1. The number of phenolic OH excluding ortho intramolecular Hbond substituents is 1. The summed E-state index contributed by atoms with van der Waals surface area (Å²) in [6, 6.07) is 15.7. The Morgan fingerprint density at radius 2 is 1.76 bits per heavy atom. The maximum Gasteiger partial charge on any atom is 0.294 e. The van der Waals surface area contributed by atoms with Gasteiger partial charge in [-0.15, -0.1) is 0 Å². The van der Waals surface area contributed by atoms with Gasteiger partial charge in [0.05, 0.1) is 15.6 Å². The molecule has 0 saturated carbocycles. The van der Waals surface area contributed by atoms with Gasteiger partial charge in [-0.25, -0.2) is 0 Å². The number of hydrogen-bond donors (Lipinski definition) is 4. The highest BCUT2D eigenvalue weighted by Gasteiger charge is 2.23. The van der Waals surface area contributed by atoms with Crippen molar-refractivity contribution in [3.63, 3.8) is 0 Å². The van der Waals surface area contributed by atoms with Crippen molar-refractivity contribution < 1.29 is 24.1 Å². The third kappa shape index (κ3) is 6.56. The van der Waals surface area contributed by atoms with E-state index in [9.17, 15) is 24.8 Å². The summed E-state index contributed by atoms with van der Waals surface area (Å²) in [5, 5.41) is 34.1. The predicted octanol–water partition coefficient (Wildman–Crippen LogP) is 5.08. The fraction of sp³-hybridized carbons (Fsp3) is 0.179. The zero-order valence-electron chi connectivity index (χ0n) is 22.4. The molecule has 3 aromatic carbocycles. The molecule has 13 heteroatoms. The Morgan fingerprint density at radius 1 is 1.05 bits per heavy atom. The summed E-state index contributed by atoms with van der Waals surface area (Å²) in [5.41, 5.74) is 1.88. The monoisotopic (exact) mass is 578 g/mol. The lowest BCUT2D eigenvalue weighted by Crippen LogP contribution is -2.29. The third-order valence-electron chi connectivity index (χ3n) is 6.15. The van der Waals surface area contributed by atoms with Crippen LogP contribution in [0.15, 0.2) is 65.2 Å². The van der Waals surface area contributed by atoms with E-state index in [2.05, 4.69) is 21.1 Å². The average Bonchev–Trinajstić information content (AvgIpc) is 3.33. The van der Waals surface area contributed by atoms with Crippen molar-refractivity contribution in [2.75, 3.05) is 42.7 Å². The van der Waals surface area contributed by atoms with Crippen LogP contribution in [0.2, 0.25) is 5.02 Å². The van der Waals surface area contributed by atoms with Crippen molar-refractivity contribution in [3.8, 4) is 17.0 Å². The number of amides is 2. The number of aryl methyl sites for hydroxylation is 1. The SMILES string of the molecule is Cc1onc(-c2ccccc2O)c1C(=O)NCCNc1cc(NC(=O)c2ccc(N(C)C)cc2)c([N+](=O)[O-])cc1Cl. The van der Waals surface area contributed by atoms with E-state index >= 15 is 0 Å². The standard InChI is InChI=1S/C28H27ClN6O6/c1-16-25(26(33-41-16)19-6-4-5-7-24(19)36)28(38)31-13-12-30-21-15-22(23(35(39)40)14-20(21)29)32-27(37)17-8-10-18(11-9-17)34(2)3/h4-11,14-15,30,36H,12-13H2,1-3H3,(H,31,38)(H,32,37). The van der Waals surface area contributed by atoms with Gasteiger partial charge in [0.25, 0.3) is 17.5 Å². The van der Waals surface area contributed by atoms with Gasteiger partial charge in [0, 0.05) is 50.1 Å². The van der Waals surface area contributed by atoms with Gasteiger partial charge in [-0.3, -0.25) is 19.7 Å². The number of hydrogen-bond acceptors (Lipinski definition) is 9. The van der Waals surface area contributed by atoms with Gasteiger partial charge in [0.2, 0.25) is 0 Å². The van der Waals surface area contributed by atoms with Crippen LogP contribution in [0.25, 0.3) is 11.3 Å². The van der Waals surface area contributed by atoms with E-state index in [-0.39, 0.29) is 52.3 Å². The van der Waals surface area contributed by atoms with E-state index in [4.69, 9.17) is 16.1 Å². The second-order valence-electron chi connectivity index (χ2n) is 9.16. The van der Waals surface area contributed by atoms with Gasteiger partial charge in [-0.2, -0.15) is 0 Å². The Bertz CT molecular complexity index is 1600. The number of nitrogens with zero attached hydrogens (tertiary/aromatic N) is 3. The van der Waals surface area contributed by atoms with E-state index in [0.29, 0.717) is 16.8 Å². The van der Waals surface area contributed by atoms with Crippen LogP contribution in [0.4, 0.5) is 22.7 Å². The number of anilines is 3. The zero-order chi connectivity index (χ0) is 29.7. The predicted molar refractivity (Wildman–Crippen MR) is 156 cm³/mol. The molecule has 0 aliphatic rings. The van der Waals surface area contributed by atoms with Gasteiger partial charge < -0.3 is 30.5 Å². The molecule has 4 aromatic rings. The fourth-order valence-electron chi connectivity index (χ4n) is 4.01. The van der Waals surface area contributed by atoms with Crippen LogP contribution >= 0.6 is 11.6 Å². The molecule has 0 saturated heterocycles. The molecule has 4 rings (SSSR count). The van der Waals surface area contributed by atoms with Crippen molar-refractivity contribution in [1.29, 1.82) is 0 Å². The van der Waals surface area contributed by atoms with Crippen LogP contribution in [-0.4, -0.2) is 54.2 Å². The first kappa shape index (κ1) is 28.9. The van der Waals surface area contributed by atoms with Crippen molar-refractivity contribution in [3.05, 3.63) is 92.7 Å². The summed E-state index contributed by atoms with van der Waals surface area (Å²) in [6.07, 6.45) is 0. The van der Waals surface area contributed by atoms with Crippen LogP contribution in [-0.2, 0) is 0 Å². The van der Waals surface area contributed by atoms with Gasteiger partial charge in [0.1, 0.15) is 28.5 Å². The Labute approximate surface area is 240 Å². The molecule has 0 bridgehead atoms. The van der Waals surface area contributed by atoms with Gasteiger partial charge in [-0.1, -0.05) is 28.9 Å². The smallest absolute Gasteiger partial charge is 0.294 e. The molecule has 212 valence electrons. The number of nitrogens with one attached hydrogen (secondary N) is 3. The molecule has 0 fully saturated rings. The molecule has 41 heavy (non-hydrogen) atoms. The highest BCUT2D eigenvalue weighted by Crippen LogP contribution is 2.35. The molecule has 0 aliphatic carbocycles. The maximum absolute atomic E-state index is 12.9. The van der Waals surface area contributed by atoms with Crippen molar-refractivity contribution in [2.24, 2.45) is 0 Å². The van der Waals surface area contributed by atoms with Gasteiger partial charge in [0.15, 0.2) is 0 Å². The molecule has 1 aromatic heterocycles. The minimum atomic E-state index is -0.635. The Morgan fingerprint density at radius 3 is 2.41 bits per heavy atom. The van der Waals surface area contributed by atoms with Gasteiger partial charge >= 0.3 is 0 Å². The second kappa shape index (κ2) is 12.4. The number of para-hydroxylation sites is 1. The van der Waals surface area contributed by atoms with Crippen LogP contribution in [0.5, 0.6) is 5.75 Å². The Kier molecular flexibility index (Phi) is 8.73. The van der Waals surface area contributed by atoms with Crippen LogP contribution in [0.1, 0.15) is 26.5 Å². The first-order chi connectivity index (χ1) is 19.6. The quantitative estimate of drug-likeness (QED) is 0.114. The fourth-order valence-corrected chi connectivity index (χ4v) is 4.24. The summed E-state index contributed by atoms with van der Waals surface area (Å²) in [4.78, 5) is 38.6. The third-order valence-corrected chi connectivity index (χ3v) is 6.46. The first-order valence-corrected chi connectivity index (χ1v) is 12.8. The topological polar surface area (TPSA) is 163 Å². The van der Waals surface area contributed by atoms with E-state index in [0.717, 1.165) is 11.8 Å². The summed E-state index contributed by atoms with van der Waals surface area (Å²) >= 11 is 6.28. The number of rotatable bonds is 10. The summed E-state index contributed by atoms with van der Waals surface area (Å²) in [5.74, 6) is -0.753. The zero-order valence-corrected chi connectivity index (χ0v) is 23.2. The molecule has 4 N–H and O–H groups in total. The Balaban J connectivity index is 1.44. The number of halogens is 1. The van der Waals surface area contributed by atoms with Crippen molar-refractivity contribution in [1.82, 2.24) is 10.5 Å². The van der Waals surface area contributed by atoms with E-state index < -0.39 is 16.7 Å². The van der Waals surface area contributed by atoms with Crippen molar-refractivity contribution >= 4 is 46.2 Å². The molecule has 2 amide bonds. The molecular formula is C28H27ClN6O6. The normalized spacial score (nSPS) is 10.6. The van der Waals surface area contributed by atoms with Crippen LogP contribution in [0.3, 0.4) is 0 Å². The number of benzene rings is 3.